The second-order valence-electron chi connectivity index (χ2n) is 6.63. The normalized spacial score (nSPS) is 10.4. The standard InChI is InChI=1S/C21H22FN5O2S/c1-13-4-5-14(11-18(13)22)10-17-12-24-20(30-17)26-19(28)25-15-6-8-16(9-7-15)27(3)21(29)23-2/h4-9,11-12H,10H2,1-3H3,(H,23,29)(H2,24,25,26,28). The van der Waals surface area contributed by atoms with Crippen molar-refractivity contribution in [3.8, 4) is 0 Å². The second-order valence-corrected chi connectivity index (χ2v) is 7.75. The average Bonchev–Trinajstić information content (AvgIpc) is 3.16. The second kappa shape index (κ2) is 9.36. The minimum Gasteiger partial charge on any atom is -0.341 e. The van der Waals surface area contributed by atoms with Crippen molar-refractivity contribution in [2.45, 2.75) is 13.3 Å². The zero-order valence-electron chi connectivity index (χ0n) is 16.8. The molecule has 0 saturated heterocycles. The van der Waals surface area contributed by atoms with Gasteiger partial charge in [-0.25, -0.2) is 19.0 Å². The SMILES string of the molecule is CNC(=O)N(C)c1ccc(NC(=O)Nc2ncc(Cc3ccc(C)c(F)c3)s2)cc1. The molecule has 0 bridgehead atoms. The summed E-state index contributed by atoms with van der Waals surface area (Å²) >= 11 is 1.33. The Kier molecular flexibility index (Phi) is 6.63. The molecule has 1 heterocycles. The summed E-state index contributed by atoms with van der Waals surface area (Å²) in [7, 11) is 3.21. The number of carbonyl (C=O) groups is 2. The molecular formula is C21H22FN5O2S. The topological polar surface area (TPSA) is 86.4 Å². The van der Waals surface area contributed by atoms with Crippen molar-refractivity contribution in [2.75, 3.05) is 29.6 Å². The highest BCUT2D eigenvalue weighted by Gasteiger charge is 2.10. The van der Waals surface area contributed by atoms with E-state index in [-0.39, 0.29) is 11.8 Å². The summed E-state index contributed by atoms with van der Waals surface area (Å²) in [6.45, 7) is 1.72. The quantitative estimate of drug-likeness (QED) is 0.556. The summed E-state index contributed by atoms with van der Waals surface area (Å²) in [6, 6.07) is 11.3. The molecule has 0 saturated carbocycles. The Morgan fingerprint density at radius 1 is 1.13 bits per heavy atom. The van der Waals surface area contributed by atoms with E-state index in [1.54, 1.807) is 57.5 Å². The first-order valence-electron chi connectivity index (χ1n) is 9.19. The predicted molar refractivity (Wildman–Crippen MR) is 118 cm³/mol. The molecule has 3 aromatic rings. The summed E-state index contributed by atoms with van der Waals surface area (Å²) in [5, 5.41) is 8.40. The number of carbonyl (C=O) groups excluding carboxylic acids is 2. The van der Waals surface area contributed by atoms with Crippen LogP contribution < -0.4 is 20.9 Å². The highest BCUT2D eigenvalue weighted by molar-refractivity contribution is 7.15. The van der Waals surface area contributed by atoms with Crippen LogP contribution in [0.5, 0.6) is 0 Å². The van der Waals surface area contributed by atoms with Gasteiger partial charge in [0.05, 0.1) is 0 Å². The van der Waals surface area contributed by atoms with Crippen LogP contribution in [0.25, 0.3) is 0 Å². The molecule has 3 rings (SSSR count). The van der Waals surface area contributed by atoms with Gasteiger partial charge in [-0.15, -0.1) is 11.3 Å². The van der Waals surface area contributed by atoms with Crippen LogP contribution in [0.3, 0.4) is 0 Å². The number of hydrogen-bond acceptors (Lipinski definition) is 4. The summed E-state index contributed by atoms with van der Waals surface area (Å²) in [4.78, 5) is 30.4. The van der Waals surface area contributed by atoms with E-state index in [4.69, 9.17) is 0 Å². The minimum atomic E-state index is -0.426. The van der Waals surface area contributed by atoms with E-state index in [0.717, 1.165) is 10.4 Å². The van der Waals surface area contributed by atoms with Crippen molar-refractivity contribution in [2.24, 2.45) is 0 Å². The number of thiazole rings is 1. The van der Waals surface area contributed by atoms with Gasteiger partial charge in [0.1, 0.15) is 5.82 Å². The Hall–Kier alpha value is -3.46. The monoisotopic (exact) mass is 427 g/mol. The third kappa shape index (κ3) is 5.32. The van der Waals surface area contributed by atoms with Crippen LogP contribution in [-0.2, 0) is 6.42 Å². The van der Waals surface area contributed by atoms with E-state index in [0.29, 0.717) is 28.5 Å². The Balaban J connectivity index is 1.56. The van der Waals surface area contributed by atoms with Gasteiger partial charge in [0.25, 0.3) is 0 Å². The van der Waals surface area contributed by atoms with Gasteiger partial charge in [-0.3, -0.25) is 10.2 Å². The molecule has 30 heavy (non-hydrogen) atoms. The van der Waals surface area contributed by atoms with Crippen molar-refractivity contribution >= 4 is 39.9 Å². The smallest absolute Gasteiger partial charge is 0.325 e. The fourth-order valence-corrected chi connectivity index (χ4v) is 3.55. The summed E-state index contributed by atoms with van der Waals surface area (Å²) in [5.41, 5.74) is 2.72. The molecular weight excluding hydrogens is 405 g/mol. The molecule has 0 spiro atoms. The van der Waals surface area contributed by atoms with Crippen LogP contribution in [-0.4, -0.2) is 31.1 Å². The molecule has 1 aromatic heterocycles. The maximum Gasteiger partial charge on any atom is 0.325 e. The first-order valence-corrected chi connectivity index (χ1v) is 10.0. The van der Waals surface area contributed by atoms with E-state index >= 15 is 0 Å². The lowest BCUT2D eigenvalue weighted by atomic mass is 10.1. The Bertz CT molecular complexity index is 1050. The molecule has 0 radical (unpaired) electrons. The van der Waals surface area contributed by atoms with Gasteiger partial charge < -0.3 is 10.6 Å². The number of amides is 4. The van der Waals surface area contributed by atoms with Gasteiger partial charge in [0.2, 0.25) is 0 Å². The van der Waals surface area contributed by atoms with E-state index in [9.17, 15) is 14.0 Å². The molecule has 156 valence electrons. The Morgan fingerprint density at radius 3 is 2.53 bits per heavy atom. The number of benzene rings is 2. The van der Waals surface area contributed by atoms with Gasteiger partial charge in [0.15, 0.2) is 5.13 Å². The van der Waals surface area contributed by atoms with E-state index in [2.05, 4.69) is 20.9 Å². The number of aryl methyl sites for hydroxylation is 1. The highest BCUT2D eigenvalue weighted by Crippen LogP contribution is 2.23. The summed E-state index contributed by atoms with van der Waals surface area (Å²) < 4.78 is 13.7. The summed E-state index contributed by atoms with van der Waals surface area (Å²) in [6.07, 6.45) is 2.21. The molecule has 2 aromatic carbocycles. The number of rotatable bonds is 5. The molecule has 4 amide bonds. The molecule has 0 fully saturated rings. The zero-order chi connectivity index (χ0) is 21.7. The van der Waals surface area contributed by atoms with Gasteiger partial charge in [0, 0.05) is 43.0 Å². The van der Waals surface area contributed by atoms with Gasteiger partial charge in [-0.2, -0.15) is 0 Å². The van der Waals surface area contributed by atoms with Crippen molar-refractivity contribution < 1.29 is 14.0 Å². The number of nitrogens with zero attached hydrogens (tertiary/aromatic N) is 2. The van der Waals surface area contributed by atoms with Gasteiger partial charge >= 0.3 is 12.1 Å². The molecule has 0 unspecified atom stereocenters. The minimum absolute atomic E-state index is 0.234. The maximum atomic E-state index is 13.7. The third-order valence-electron chi connectivity index (χ3n) is 4.42. The Morgan fingerprint density at radius 2 is 1.87 bits per heavy atom. The van der Waals surface area contributed by atoms with Crippen LogP contribution in [0, 0.1) is 12.7 Å². The lowest BCUT2D eigenvalue weighted by Crippen LogP contribution is -2.34. The molecule has 0 aliphatic heterocycles. The van der Waals surface area contributed by atoms with Crippen LogP contribution in [0.15, 0.2) is 48.7 Å². The number of anilines is 3. The number of halogens is 1. The highest BCUT2D eigenvalue weighted by atomic mass is 32.1. The van der Waals surface area contributed by atoms with E-state index in [1.807, 2.05) is 6.07 Å². The number of hydrogen-bond donors (Lipinski definition) is 3. The van der Waals surface area contributed by atoms with Crippen LogP contribution >= 0.6 is 11.3 Å². The molecule has 9 heteroatoms. The van der Waals surface area contributed by atoms with Crippen LogP contribution in [0.2, 0.25) is 0 Å². The van der Waals surface area contributed by atoms with Crippen molar-refractivity contribution in [3.63, 3.8) is 0 Å². The van der Waals surface area contributed by atoms with Crippen molar-refractivity contribution in [1.82, 2.24) is 10.3 Å². The first kappa shape index (κ1) is 21.3. The third-order valence-corrected chi connectivity index (χ3v) is 5.33. The molecule has 0 aliphatic rings. The largest absolute Gasteiger partial charge is 0.341 e. The fraction of sp³-hybridized carbons (Fsp3) is 0.190. The van der Waals surface area contributed by atoms with E-state index < -0.39 is 6.03 Å². The van der Waals surface area contributed by atoms with Crippen molar-refractivity contribution in [1.29, 1.82) is 0 Å². The molecule has 3 N–H and O–H groups in total. The van der Waals surface area contributed by atoms with Gasteiger partial charge in [-0.1, -0.05) is 12.1 Å². The first-order chi connectivity index (χ1) is 14.4. The number of urea groups is 2. The lowest BCUT2D eigenvalue weighted by Gasteiger charge is -2.17. The van der Waals surface area contributed by atoms with Gasteiger partial charge in [-0.05, 0) is 48.4 Å². The van der Waals surface area contributed by atoms with Crippen LogP contribution in [0.4, 0.5) is 30.5 Å². The average molecular weight is 428 g/mol. The lowest BCUT2D eigenvalue weighted by molar-refractivity contribution is 0.249. The molecule has 0 aliphatic carbocycles. The Labute approximate surface area is 177 Å². The zero-order valence-corrected chi connectivity index (χ0v) is 17.6. The predicted octanol–water partition coefficient (Wildman–Crippen LogP) is 4.60. The molecule has 7 nitrogen and oxygen atoms in total. The molecule has 0 atom stereocenters. The summed E-state index contributed by atoms with van der Waals surface area (Å²) in [5.74, 6) is -0.234. The van der Waals surface area contributed by atoms with Crippen molar-refractivity contribution in [3.05, 3.63) is 70.5 Å². The van der Waals surface area contributed by atoms with Crippen LogP contribution in [0.1, 0.15) is 16.0 Å². The fourth-order valence-electron chi connectivity index (χ4n) is 2.71. The number of aromatic nitrogens is 1. The maximum absolute atomic E-state index is 13.7. The van der Waals surface area contributed by atoms with E-state index in [1.165, 1.54) is 22.3 Å². The number of nitrogens with one attached hydrogen (secondary N) is 3.